The lowest BCUT2D eigenvalue weighted by molar-refractivity contribution is 0.187. The Labute approximate surface area is 140 Å². The van der Waals surface area contributed by atoms with Gasteiger partial charge in [0.25, 0.3) is 0 Å². The van der Waals surface area contributed by atoms with E-state index in [0.717, 1.165) is 25.1 Å². The largest absolute Gasteiger partial charge is 0.332 e. The standard InChI is InChI=1S/C17H20N6O/c18-17-6-4-12(17)10-23(11-17)16(24)21-9-13-5-8-20-15(22-13)14-3-1-2-7-19-14/h1-3,5,7-8,12H,4,6,9-11,18H2,(H,21,24)/t12-,17-/m0/s1. The molecule has 1 saturated heterocycles. The molecule has 2 atom stereocenters. The first-order valence-electron chi connectivity index (χ1n) is 8.19. The zero-order valence-electron chi connectivity index (χ0n) is 13.4. The van der Waals surface area contributed by atoms with Gasteiger partial charge < -0.3 is 16.0 Å². The van der Waals surface area contributed by atoms with Crippen LogP contribution in [-0.2, 0) is 6.54 Å². The van der Waals surface area contributed by atoms with Gasteiger partial charge in [-0.05, 0) is 37.0 Å². The van der Waals surface area contributed by atoms with Crippen LogP contribution in [0.2, 0.25) is 0 Å². The topological polar surface area (TPSA) is 97.0 Å². The van der Waals surface area contributed by atoms with Crippen LogP contribution in [0.25, 0.3) is 11.5 Å². The molecule has 4 rings (SSSR count). The van der Waals surface area contributed by atoms with Crippen molar-refractivity contribution in [1.29, 1.82) is 0 Å². The van der Waals surface area contributed by atoms with Gasteiger partial charge in [-0.25, -0.2) is 14.8 Å². The summed E-state index contributed by atoms with van der Waals surface area (Å²) in [6, 6.07) is 7.32. The quantitative estimate of drug-likeness (QED) is 0.883. The number of pyridine rings is 1. The van der Waals surface area contributed by atoms with Gasteiger partial charge in [-0.1, -0.05) is 6.07 Å². The molecule has 2 aromatic heterocycles. The minimum Gasteiger partial charge on any atom is -0.332 e. The third-order valence-electron chi connectivity index (χ3n) is 5.01. The van der Waals surface area contributed by atoms with Crippen LogP contribution in [0, 0.1) is 5.92 Å². The summed E-state index contributed by atoms with van der Waals surface area (Å²) in [6.07, 6.45) is 5.53. The van der Waals surface area contributed by atoms with Gasteiger partial charge in [0, 0.05) is 31.0 Å². The summed E-state index contributed by atoms with van der Waals surface area (Å²) in [6.45, 7) is 1.76. The maximum absolute atomic E-state index is 12.3. The van der Waals surface area contributed by atoms with E-state index in [0.29, 0.717) is 30.5 Å². The third kappa shape index (κ3) is 2.71. The molecule has 7 nitrogen and oxygen atoms in total. The Hall–Kier alpha value is -2.54. The van der Waals surface area contributed by atoms with Crippen LogP contribution >= 0.6 is 0 Å². The predicted molar refractivity (Wildman–Crippen MR) is 88.7 cm³/mol. The maximum atomic E-state index is 12.3. The monoisotopic (exact) mass is 324 g/mol. The first-order chi connectivity index (χ1) is 11.6. The molecule has 2 amide bonds. The number of nitrogens with one attached hydrogen (secondary N) is 1. The molecule has 0 aromatic carbocycles. The minimum atomic E-state index is -0.154. The molecule has 1 saturated carbocycles. The van der Waals surface area contributed by atoms with Gasteiger partial charge in [0.1, 0.15) is 5.69 Å². The van der Waals surface area contributed by atoms with Crippen LogP contribution < -0.4 is 11.1 Å². The summed E-state index contributed by atoms with van der Waals surface area (Å²) in [5.41, 5.74) is 7.59. The van der Waals surface area contributed by atoms with Gasteiger partial charge in [0.2, 0.25) is 0 Å². The number of carbonyl (C=O) groups excluding carboxylic acids is 1. The lowest BCUT2D eigenvalue weighted by Gasteiger charge is -2.39. The Morgan fingerprint density at radius 2 is 2.25 bits per heavy atom. The Kier molecular flexibility index (Phi) is 3.65. The highest BCUT2D eigenvalue weighted by atomic mass is 16.2. The molecule has 2 aliphatic rings. The van der Waals surface area contributed by atoms with Crippen LogP contribution in [0.3, 0.4) is 0 Å². The number of hydrogen-bond acceptors (Lipinski definition) is 5. The predicted octanol–water partition coefficient (Wildman–Crippen LogP) is 1.17. The van der Waals surface area contributed by atoms with Crippen LogP contribution in [0.4, 0.5) is 4.79 Å². The van der Waals surface area contributed by atoms with Gasteiger partial charge in [0.05, 0.1) is 12.2 Å². The molecule has 1 aliphatic carbocycles. The third-order valence-corrected chi connectivity index (χ3v) is 5.01. The summed E-state index contributed by atoms with van der Waals surface area (Å²) >= 11 is 0. The molecule has 2 fully saturated rings. The van der Waals surface area contributed by atoms with E-state index in [1.165, 1.54) is 0 Å². The van der Waals surface area contributed by atoms with Crippen molar-refractivity contribution in [2.45, 2.75) is 24.9 Å². The van der Waals surface area contributed by atoms with Gasteiger partial charge >= 0.3 is 6.03 Å². The molecule has 0 spiro atoms. The van der Waals surface area contributed by atoms with E-state index in [9.17, 15) is 4.79 Å². The molecule has 0 radical (unpaired) electrons. The highest BCUT2D eigenvalue weighted by Crippen LogP contribution is 2.42. The normalized spacial score (nSPS) is 25.0. The van der Waals surface area contributed by atoms with Crippen LogP contribution in [0.1, 0.15) is 18.5 Å². The molecular weight excluding hydrogens is 304 g/mol. The number of amides is 2. The first kappa shape index (κ1) is 15.0. The van der Waals surface area contributed by atoms with Crippen molar-refractivity contribution in [1.82, 2.24) is 25.2 Å². The van der Waals surface area contributed by atoms with Gasteiger partial charge in [-0.2, -0.15) is 0 Å². The smallest absolute Gasteiger partial charge is 0.317 e. The maximum Gasteiger partial charge on any atom is 0.317 e. The number of aromatic nitrogens is 3. The Bertz CT molecular complexity index is 752. The summed E-state index contributed by atoms with van der Waals surface area (Å²) in [5, 5.41) is 2.93. The fraction of sp³-hybridized carbons (Fsp3) is 0.412. The van der Waals surface area contributed by atoms with Gasteiger partial charge in [-0.3, -0.25) is 4.98 Å². The molecule has 0 bridgehead atoms. The van der Waals surface area contributed by atoms with Gasteiger partial charge in [0.15, 0.2) is 5.82 Å². The molecule has 3 N–H and O–H groups in total. The van der Waals surface area contributed by atoms with E-state index >= 15 is 0 Å². The van der Waals surface area contributed by atoms with E-state index < -0.39 is 0 Å². The molecular formula is C17H20N6O. The Morgan fingerprint density at radius 1 is 1.33 bits per heavy atom. The van der Waals surface area contributed by atoms with E-state index in [4.69, 9.17) is 5.73 Å². The number of nitrogens with zero attached hydrogens (tertiary/aromatic N) is 4. The fourth-order valence-electron chi connectivity index (χ4n) is 3.43. The SMILES string of the molecule is N[C@]12CC[C@H]1CN(C(=O)NCc1ccnc(-c3ccccn3)n1)C2. The van der Waals surface area contributed by atoms with Crippen LogP contribution in [0.5, 0.6) is 0 Å². The molecule has 1 aliphatic heterocycles. The summed E-state index contributed by atoms with van der Waals surface area (Å²) in [5.74, 6) is 1.01. The summed E-state index contributed by atoms with van der Waals surface area (Å²) < 4.78 is 0. The highest BCUT2D eigenvalue weighted by molar-refractivity contribution is 5.74. The van der Waals surface area contributed by atoms with Crippen molar-refractivity contribution in [3.63, 3.8) is 0 Å². The summed E-state index contributed by atoms with van der Waals surface area (Å²) in [7, 11) is 0. The van der Waals surface area contributed by atoms with Crippen molar-refractivity contribution in [2.24, 2.45) is 11.7 Å². The lowest BCUT2D eigenvalue weighted by atomic mass is 9.70. The average molecular weight is 324 g/mol. The van der Waals surface area contributed by atoms with E-state index in [1.807, 2.05) is 23.1 Å². The van der Waals surface area contributed by atoms with Crippen molar-refractivity contribution >= 4 is 6.03 Å². The zero-order valence-corrected chi connectivity index (χ0v) is 13.4. The number of carbonyl (C=O) groups is 1. The van der Waals surface area contributed by atoms with Crippen LogP contribution in [-0.4, -0.2) is 44.5 Å². The van der Waals surface area contributed by atoms with Crippen molar-refractivity contribution in [2.75, 3.05) is 13.1 Å². The number of hydrogen-bond donors (Lipinski definition) is 2. The average Bonchev–Trinajstić information content (AvgIpc) is 2.85. The van der Waals surface area contributed by atoms with E-state index in [2.05, 4.69) is 20.3 Å². The zero-order chi connectivity index (χ0) is 16.6. The lowest BCUT2D eigenvalue weighted by Crippen LogP contribution is -2.55. The second-order valence-electron chi connectivity index (χ2n) is 6.59. The Balaban J connectivity index is 1.39. The highest BCUT2D eigenvalue weighted by Gasteiger charge is 2.51. The van der Waals surface area contributed by atoms with Crippen molar-refractivity contribution < 1.29 is 4.79 Å². The van der Waals surface area contributed by atoms with Crippen molar-refractivity contribution in [3.05, 3.63) is 42.4 Å². The number of rotatable bonds is 3. The number of likely N-dealkylation sites (tertiary alicyclic amines) is 1. The molecule has 124 valence electrons. The van der Waals surface area contributed by atoms with E-state index in [1.54, 1.807) is 18.5 Å². The van der Waals surface area contributed by atoms with Crippen molar-refractivity contribution in [3.8, 4) is 11.5 Å². The number of fused-ring (bicyclic) bond motifs is 1. The molecule has 0 unspecified atom stereocenters. The number of urea groups is 1. The second-order valence-corrected chi connectivity index (χ2v) is 6.59. The second kappa shape index (κ2) is 5.83. The van der Waals surface area contributed by atoms with Gasteiger partial charge in [-0.15, -0.1) is 0 Å². The van der Waals surface area contributed by atoms with E-state index in [-0.39, 0.29) is 11.6 Å². The number of nitrogens with two attached hydrogens (primary N) is 1. The fourth-order valence-corrected chi connectivity index (χ4v) is 3.43. The molecule has 24 heavy (non-hydrogen) atoms. The molecule has 7 heteroatoms. The summed E-state index contributed by atoms with van der Waals surface area (Å²) in [4.78, 5) is 27.1. The minimum absolute atomic E-state index is 0.0766. The first-order valence-corrected chi connectivity index (χ1v) is 8.19. The Morgan fingerprint density at radius 3 is 2.92 bits per heavy atom. The van der Waals surface area contributed by atoms with Crippen LogP contribution in [0.15, 0.2) is 36.7 Å². The molecule has 2 aromatic rings. The molecule has 3 heterocycles.